The molecule has 0 saturated carbocycles. The Balaban J connectivity index is 1.90. The summed E-state index contributed by atoms with van der Waals surface area (Å²) in [6, 6.07) is 40.2. The number of carbonyl (C=O) groups is 1. The van der Waals surface area contributed by atoms with Crippen LogP contribution in [-0.4, -0.2) is 13.1 Å². The lowest BCUT2D eigenvalue weighted by atomic mass is 10.1. The summed E-state index contributed by atoms with van der Waals surface area (Å²) in [7, 11) is -0.527. The van der Waals surface area contributed by atoms with Crippen molar-refractivity contribution in [1.29, 1.82) is 0 Å². The van der Waals surface area contributed by atoms with Gasteiger partial charge in [-0.25, -0.2) is 4.79 Å². The Kier molecular flexibility index (Phi) is 6.07. The van der Waals surface area contributed by atoms with Gasteiger partial charge in [-0.15, -0.1) is 0 Å². The molecule has 3 heteroatoms. The molecule has 149 valence electrons. The zero-order valence-corrected chi connectivity index (χ0v) is 17.8. The van der Waals surface area contributed by atoms with Crippen molar-refractivity contribution in [2.24, 2.45) is 0 Å². The highest BCUT2D eigenvalue weighted by molar-refractivity contribution is 7.95. The van der Waals surface area contributed by atoms with Gasteiger partial charge in [0.15, 0.2) is 0 Å². The summed E-state index contributed by atoms with van der Waals surface area (Å²) in [4.78, 5) is 11.9. The molecule has 4 rings (SSSR count). The molecule has 1 radical (unpaired) electrons. The van der Waals surface area contributed by atoms with Crippen molar-refractivity contribution in [2.75, 3.05) is 7.11 Å². The third-order valence-electron chi connectivity index (χ3n) is 5.39. The van der Waals surface area contributed by atoms with Gasteiger partial charge in [-0.05, 0) is 40.9 Å². The molecule has 0 fully saturated rings. The smallest absolute Gasteiger partial charge is 0.337 e. The van der Waals surface area contributed by atoms with Crippen molar-refractivity contribution >= 4 is 29.1 Å². The van der Waals surface area contributed by atoms with Gasteiger partial charge in [-0.2, -0.15) is 0 Å². The van der Waals surface area contributed by atoms with Gasteiger partial charge in [0.1, 0.15) is 0 Å². The molecule has 0 bridgehead atoms. The van der Waals surface area contributed by atoms with Gasteiger partial charge in [0.25, 0.3) is 0 Å². The molecule has 0 aromatic heterocycles. The van der Waals surface area contributed by atoms with Crippen LogP contribution in [0.15, 0.2) is 115 Å². The van der Waals surface area contributed by atoms with Crippen molar-refractivity contribution in [3.8, 4) is 0 Å². The van der Waals surface area contributed by atoms with Crippen LogP contribution in [0.5, 0.6) is 0 Å². The highest BCUT2D eigenvalue weighted by Crippen LogP contribution is 2.58. The summed E-state index contributed by atoms with van der Waals surface area (Å²) in [5.74, 6) is -0.309. The van der Waals surface area contributed by atoms with Gasteiger partial charge >= 0.3 is 5.97 Å². The number of ether oxygens (including phenoxy) is 1. The van der Waals surface area contributed by atoms with Gasteiger partial charge < -0.3 is 4.74 Å². The maximum Gasteiger partial charge on any atom is 0.337 e. The van der Waals surface area contributed by atoms with E-state index in [4.69, 9.17) is 4.74 Å². The van der Waals surface area contributed by atoms with E-state index in [-0.39, 0.29) is 5.97 Å². The SMILES string of the molecule is COC(=O)c1ccc(C[P](c2ccccc2)(c2ccccc2)c2ccccc2)cc1. The minimum atomic E-state index is -1.94. The number of hydrogen-bond donors (Lipinski definition) is 0. The molecule has 0 N–H and O–H groups in total. The van der Waals surface area contributed by atoms with E-state index in [2.05, 4.69) is 103 Å². The van der Waals surface area contributed by atoms with Crippen LogP contribution < -0.4 is 15.9 Å². The van der Waals surface area contributed by atoms with Crippen LogP contribution in [0.2, 0.25) is 0 Å². The van der Waals surface area contributed by atoms with E-state index >= 15 is 0 Å². The van der Waals surface area contributed by atoms with E-state index < -0.39 is 7.26 Å². The summed E-state index contributed by atoms with van der Waals surface area (Å²) >= 11 is 0. The topological polar surface area (TPSA) is 26.3 Å². The van der Waals surface area contributed by atoms with Crippen LogP contribution in [0.1, 0.15) is 15.9 Å². The summed E-state index contributed by atoms with van der Waals surface area (Å²) in [5.41, 5.74) is 1.77. The van der Waals surface area contributed by atoms with Gasteiger partial charge in [-0.3, -0.25) is 0 Å². The van der Waals surface area contributed by atoms with Crippen molar-refractivity contribution in [3.05, 3.63) is 126 Å². The summed E-state index contributed by atoms with van der Waals surface area (Å²) < 4.78 is 4.85. The third kappa shape index (κ3) is 3.92. The Labute approximate surface area is 178 Å². The van der Waals surface area contributed by atoms with E-state index in [1.165, 1.54) is 28.6 Å². The second-order valence-electron chi connectivity index (χ2n) is 7.16. The molecule has 4 aromatic carbocycles. The zero-order valence-electron chi connectivity index (χ0n) is 16.9. The number of rotatable bonds is 6. The fourth-order valence-corrected chi connectivity index (χ4v) is 8.15. The lowest BCUT2D eigenvalue weighted by molar-refractivity contribution is 0.0600. The largest absolute Gasteiger partial charge is 0.465 e. The highest BCUT2D eigenvalue weighted by atomic mass is 31.2. The van der Waals surface area contributed by atoms with Crippen molar-refractivity contribution in [2.45, 2.75) is 6.16 Å². The van der Waals surface area contributed by atoms with E-state index in [1.807, 2.05) is 12.1 Å². The van der Waals surface area contributed by atoms with Gasteiger partial charge in [-0.1, -0.05) is 103 Å². The number of esters is 1. The quantitative estimate of drug-likeness (QED) is 0.331. The first kappa shape index (κ1) is 20.1. The average molecular weight is 411 g/mol. The Morgan fingerprint density at radius 2 is 1.03 bits per heavy atom. The normalized spacial score (nSPS) is 11.1. The molecule has 0 saturated heterocycles. The molecule has 0 aliphatic carbocycles. The zero-order chi connectivity index (χ0) is 20.8. The van der Waals surface area contributed by atoms with E-state index in [0.29, 0.717) is 5.56 Å². The number of hydrogen-bond acceptors (Lipinski definition) is 2. The summed E-state index contributed by atoms with van der Waals surface area (Å²) in [5, 5.41) is 4.04. The molecule has 0 unspecified atom stereocenters. The lowest BCUT2D eigenvalue weighted by Gasteiger charge is -2.38. The first-order valence-electron chi connectivity index (χ1n) is 9.96. The van der Waals surface area contributed by atoms with Crippen LogP contribution in [-0.2, 0) is 10.9 Å². The molecule has 4 aromatic rings. The maximum atomic E-state index is 11.9. The second-order valence-corrected chi connectivity index (χ2v) is 10.6. The van der Waals surface area contributed by atoms with Gasteiger partial charge in [0.05, 0.1) is 12.7 Å². The lowest BCUT2D eigenvalue weighted by Crippen LogP contribution is -2.32. The Morgan fingerprint density at radius 3 is 1.40 bits per heavy atom. The molecular formula is C27H24O2P. The fraction of sp³-hybridized carbons (Fsp3) is 0.0741. The molecule has 30 heavy (non-hydrogen) atoms. The van der Waals surface area contributed by atoms with E-state index in [1.54, 1.807) is 0 Å². The maximum absolute atomic E-state index is 11.9. The number of carbonyl (C=O) groups excluding carboxylic acids is 1. The van der Waals surface area contributed by atoms with Crippen molar-refractivity contribution in [3.63, 3.8) is 0 Å². The van der Waals surface area contributed by atoms with E-state index in [9.17, 15) is 4.79 Å². The minimum Gasteiger partial charge on any atom is -0.465 e. The Morgan fingerprint density at radius 1 is 0.633 bits per heavy atom. The predicted molar refractivity (Wildman–Crippen MR) is 127 cm³/mol. The molecule has 0 atom stereocenters. The number of methoxy groups -OCH3 is 1. The molecule has 0 aliphatic heterocycles. The van der Waals surface area contributed by atoms with Gasteiger partial charge in [0.2, 0.25) is 0 Å². The van der Waals surface area contributed by atoms with Crippen LogP contribution in [0.3, 0.4) is 0 Å². The Hall–Kier alpha value is -3.22. The fourth-order valence-electron chi connectivity index (χ4n) is 3.91. The standard InChI is InChI=1S/C27H24O2P/c1-29-27(28)23-19-17-22(18-20-23)21-30(24-11-5-2-6-12-24,25-13-7-3-8-14-25)26-15-9-4-10-16-26/h2-20H,21H2,1H3. The monoisotopic (exact) mass is 411 g/mol. The average Bonchev–Trinajstić information content (AvgIpc) is 2.84. The first-order chi connectivity index (χ1) is 14.7. The molecular weight excluding hydrogens is 387 g/mol. The van der Waals surface area contributed by atoms with Crippen LogP contribution >= 0.6 is 7.26 Å². The molecule has 0 heterocycles. The predicted octanol–water partition coefficient (Wildman–Crippen LogP) is 4.97. The van der Waals surface area contributed by atoms with Crippen LogP contribution in [0.25, 0.3) is 0 Å². The molecule has 0 spiro atoms. The Bertz CT molecular complexity index is 995. The van der Waals surface area contributed by atoms with Crippen LogP contribution in [0, 0.1) is 0 Å². The first-order valence-corrected chi connectivity index (χ1v) is 11.9. The van der Waals surface area contributed by atoms with Gasteiger partial charge in [0, 0.05) is 6.16 Å². The van der Waals surface area contributed by atoms with Crippen molar-refractivity contribution < 1.29 is 9.53 Å². The summed E-state index contributed by atoms with van der Waals surface area (Å²) in [6.45, 7) is 0. The molecule has 2 nitrogen and oxygen atoms in total. The third-order valence-corrected chi connectivity index (χ3v) is 9.76. The van der Waals surface area contributed by atoms with Crippen molar-refractivity contribution in [1.82, 2.24) is 0 Å². The second kappa shape index (κ2) is 9.07. The van der Waals surface area contributed by atoms with E-state index in [0.717, 1.165) is 6.16 Å². The van der Waals surface area contributed by atoms with Crippen LogP contribution in [0.4, 0.5) is 0 Å². The summed E-state index contributed by atoms with van der Waals surface area (Å²) in [6.07, 6.45) is 0.881. The molecule has 0 aliphatic rings. The number of benzene rings is 4. The minimum absolute atomic E-state index is 0.309. The highest BCUT2D eigenvalue weighted by Gasteiger charge is 2.34. The molecule has 0 amide bonds.